The van der Waals surface area contributed by atoms with Gasteiger partial charge in [0, 0.05) is 11.8 Å². The van der Waals surface area contributed by atoms with E-state index in [4.69, 9.17) is 11.8 Å². The molecule has 0 bridgehead atoms. The van der Waals surface area contributed by atoms with Crippen molar-refractivity contribution < 1.29 is 31.0 Å². The van der Waals surface area contributed by atoms with E-state index in [-0.39, 0.29) is 35.1 Å². The summed E-state index contributed by atoms with van der Waals surface area (Å²) < 4.78 is 0.748. The van der Waals surface area contributed by atoms with Gasteiger partial charge in [0.2, 0.25) is 0 Å². The van der Waals surface area contributed by atoms with E-state index in [0.717, 1.165) is 0 Å². The largest absolute Gasteiger partial charge is 1.00 e. The molecular formula is C3H2BrClN3NaO3. The Hall–Kier alpha value is 0.180. The first-order valence-electron chi connectivity index (χ1n) is 2.34. The van der Waals surface area contributed by atoms with Gasteiger partial charge < -0.3 is 1.43 Å². The molecule has 62 valence electrons. The van der Waals surface area contributed by atoms with Gasteiger partial charge >= 0.3 is 46.6 Å². The van der Waals surface area contributed by atoms with Crippen molar-refractivity contribution in [2.24, 2.45) is 0 Å². The van der Waals surface area contributed by atoms with Crippen LogP contribution in [-0.4, -0.2) is 12.7 Å². The van der Waals surface area contributed by atoms with Crippen molar-refractivity contribution in [3.05, 3.63) is 31.5 Å². The molecule has 1 aromatic rings. The van der Waals surface area contributed by atoms with E-state index < -0.39 is 17.1 Å². The summed E-state index contributed by atoms with van der Waals surface area (Å²) in [6.45, 7) is 0. The summed E-state index contributed by atoms with van der Waals surface area (Å²) in [5.41, 5.74) is -2.77. The molecule has 1 N–H and O–H groups in total. The molecule has 0 radical (unpaired) electrons. The van der Waals surface area contributed by atoms with Crippen molar-refractivity contribution in [3.8, 4) is 0 Å². The van der Waals surface area contributed by atoms with Crippen molar-refractivity contribution >= 4 is 27.9 Å². The summed E-state index contributed by atoms with van der Waals surface area (Å²) in [7, 11) is 0. The van der Waals surface area contributed by atoms with Crippen LogP contribution < -0.4 is 46.6 Å². The zero-order chi connectivity index (χ0) is 8.59. The van der Waals surface area contributed by atoms with E-state index in [9.17, 15) is 14.4 Å². The first kappa shape index (κ1) is 12.2. The number of nitrogens with zero attached hydrogens (tertiary/aromatic N) is 2. The van der Waals surface area contributed by atoms with Crippen molar-refractivity contribution in [2.45, 2.75) is 0 Å². The Morgan fingerprint density at radius 3 is 2.33 bits per heavy atom. The molecule has 0 atom stereocenters. The third-order valence-electron chi connectivity index (χ3n) is 0.906. The predicted molar refractivity (Wildman–Crippen MR) is 42.3 cm³/mol. The van der Waals surface area contributed by atoms with Gasteiger partial charge in [0.1, 0.15) is 0 Å². The molecule has 0 aliphatic carbocycles. The first-order chi connectivity index (χ1) is 5.04. The molecule has 0 aromatic carbocycles. The van der Waals surface area contributed by atoms with Crippen molar-refractivity contribution in [3.63, 3.8) is 0 Å². The molecule has 0 spiro atoms. The Labute approximate surface area is 102 Å². The zero-order valence-electron chi connectivity index (χ0n) is 6.88. The van der Waals surface area contributed by atoms with Crippen molar-refractivity contribution in [2.75, 3.05) is 0 Å². The smallest absolute Gasteiger partial charge is 1.00 e. The van der Waals surface area contributed by atoms with E-state index in [1.807, 2.05) is 0 Å². The van der Waals surface area contributed by atoms with Gasteiger partial charge in [-0.3, -0.25) is 4.98 Å². The van der Waals surface area contributed by atoms with E-state index in [2.05, 4.69) is 16.1 Å². The minimum absolute atomic E-state index is 0. The van der Waals surface area contributed by atoms with Gasteiger partial charge in [-0.15, -0.1) is 0 Å². The van der Waals surface area contributed by atoms with Crippen LogP contribution in [0.15, 0.2) is 14.4 Å². The molecular weight excluding hydrogens is 264 g/mol. The number of nitrogens with one attached hydrogen (secondary N) is 1. The molecule has 1 heterocycles. The molecule has 1 aromatic heterocycles. The summed E-state index contributed by atoms with van der Waals surface area (Å²) in [6.07, 6.45) is 0. The van der Waals surface area contributed by atoms with Crippen LogP contribution in [0.4, 0.5) is 0 Å². The third-order valence-corrected chi connectivity index (χ3v) is 1.83. The van der Waals surface area contributed by atoms with Crippen LogP contribution in [0.3, 0.4) is 0 Å². The molecule has 6 nitrogen and oxygen atoms in total. The minimum atomic E-state index is -0.961. The van der Waals surface area contributed by atoms with Gasteiger partial charge in [0.25, 0.3) is 0 Å². The number of aromatic amines is 1. The van der Waals surface area contributed by atoms with Gasteiger partial charge in [0.05, 0.1) is 16.1 Å². The van der Waals surface area contributed by atoms with Gasteiger partial charge in [-0.1, -0.05) is 0 Å². The van der Waals surface area contributed by atoms with E-state index in [1.54, 1.807) is 4.98 Å². The van der Waals surface area contributed by atoms with E-state index >= 15 is 0 Å². The summed E-state index contributed by atoms with van der Waals surface area (Å²) in [6, 6.07) is 0. The molecule has 9 heteroatoms. The monoisotopic (exact) mass is 265 g/mol. The number of hydrogen-bond acceptors (Lipinski definition) is 3. The molecule has 0 amide bonds. The summed E-state index contributed by atoms with van der Waals surface area (Å²) >= 11 is 7.71. The summed E-state index contributed by atoms with van der Waals surface area (Å²) in [5, 5.41) is 0. The fourth-order valence-electron chi connectivity index (χ4n) is 0.440. The van der Waals surface area contributed by atoms with Crippen LogP contribution in [-0.2, 0) is 0 Å². The third kappa shape index (κ3) is 2.11. The fourth-order valence-corrected chi connectivity index (χ4v) is 0.897. The Bertz CT molecular complexity index is 415. The van der Waals surface area contributed by atoms with Crippen LogP contribution in [0.25, 0.3) is 0 Å². The Balaban J connectivity index is 0. The van der Waals surface area contributed by atoms with E-state index in [1.165, 1.54) is 0 Å². The average Bonchev–Trinajstić information content (AvgIpc) is 1.97. The standard InChI is InChI=1S/C3HBrClN3O3.Na.H/c4-7-1(9)6-2(10)8(5)3(7)11;;/h(H,6,9,10);;/q;+1;-1. The number of hydrogen-bond donors (Lipinski definition) is 1. The summed E-state index contributed by atoms with van der Waals surface area (Å²) in [4.78, 5) is 33.7. The Morgan fingerprint density at radius 2 is 1.83 bits per heavy atom. The molecule has 0 unspecified atom stereocenters. The second-order valence-electron chi connectivity index (χ2n) is 1.58. The van der Waals surface area contributed by atoms with Gasteiger partial charge in [-0.2, -0.15) is 7.68 Å². The normalized spacial score (nSPS) is 9.17. The van der Waals surface area contributed by atoms with Crippen LogP contribution in [0.2, 0.25) is 0 Å². The van der Waals surface area contributed by atoms with Gasteiger partial charge in [-0.25, -0.2) is 14.4 Å². The number of aromatic nitrogens is 3. The SMILES string of the molecule is O=c1[nH]c(=O)n(Br)c(=O)n1Cl.[H-].[Na+]. The molecule has 0 aliphatic rings. The first-order valence-corrected chi connectivity index (χ1v) is 3.39. The maximum Gasteiger partial charge on any atom is 1.00 e. The van der Waals surface area contributed by atoms with Crippen molar-refractivity contribution in [1.82, 2.24) is 12.7 Å². The molecule has 0 fully saturated rings. The second kappa shape index (κ2) is 4.43. The maximum absolute atomic E-state index is 10.7. The zero-order valence-corrected chi connectivity index (χ0v) is 10.2. The van der Waals surface area contributed by atoms with E-state index in [0.29, 0.717) is 3.59 Å². The second-order valence-corrected chi connectivity index (χ2v) is 2.63. The molecule has 0 saturated heterocycles. The number of H-pyrrole nitrogens is 1. The molecule has 1 rings (SSSR count). The Kier molecular flexibility index (Phi) is 4.49. The number of halogens is 2. The van der Waals surface area contributed by atoms with Crippen LogP contribution >= 0.6 is 27.9 Å². The van der Waals surface area contributed by atoms with Gasteiger partial charge in [-0.05, 0) is 0 Å². The van der Waals surface area contributed by atoms with Crippen LogP contribution in [0.5, 0.6) is 0 Å². The maximum atomic E-state index is 10.7. The topological polar surface area (TPSA) is 76.9 Å². The number of rotatable bonds is 0. The minimum Gasteiger partial charge on any atom is -1.00 e. The fraction of sp³-hybridized carbons (Fsp3) is 0. The quantitative estimate of drug-likeness (QED) is 0.486. The molecule has 0 aliphatic heterocycles. The Morgan fingerprint density at radius 1 is 1.33 bits per heavy atom. The van der Waals surface area contributed by atoms with Crippen molar-refractivity contribution in [1.29, 1.82) is 0 Å². The van der Waals surface area contributed by atoms with Gasteiger partial charge in [0.15, 0.2) is 0 Å². The van der Waals surface area contributed by atoms with Crippen LogP contribution in [0.1, 0.15) is 1.43 Å². The predicted octanol–water partition coefficient (Wildman–Crippen LogP) is -4.03. The molecule has 12 heavy (non-hydrogen) atoms. The summed E-state index contributed by atoms with van der Waals surface area (Å²) in [5.74, 6) is 0. The molecule has 0 saturated carbocycles. The van der Waals surface area contributed by atoms with Crippen LogP contribution in [0, 0.1) is 0 Å². The average molecular weight is 266 g/mol.